The van der Waals surface area contributed by atoms with Crippen LogP contribution < -0.4 is 14.2 Å². The van der Waals surface area contributed by atoms with E-state index >= 15 is 0 Å². The van der Waals surface area contributed by atoms with Gasteiger partial charge >= 0.3 is 0 Å². The van der Waals surface area contributed by atoms with Gasteiger partial charge in [0.15, 0.2) is 11.5 Å². The Kier molecular flexibility index (Phi) is 8.03. The first-order chi connectivity index (χ1) is 16.6. The van der Waals surface area contributed by atoms with Crippen molar-refractivity contribution in [2.75, 3.05) is 46.5 Å². The summed E-state index contributed by atoms with van der Waals surface area (Å²) >= 11 is 1.67. The van der Waals surface area contributed by atoms with Crippen molar-refractivity contribution >= 4 is 17.2 Å². The summed E-state index contributed by atoms with van der Waals surface area (Å²) < 4.78 is 16.6. The molecule has 1 aliphatic rings. The van der Waals surface area contributed by atoms with E-state index in [4.69, 9.17) is 19.2 Å². The van der Waals surface area contributed by atoms with Crippen LogP contribution in [0.4, 0.5) is 0 Å². The SMILES string of the molecule is CCOc1ccc(C(=O)N2CCN(Cc3nc(-c4cccc(OC)c4)cs3)CC2)cc1OCC. The van der Waals surface area contributed by atoms with Gasteiger partial charge in [0.05, 0.1) is 32.6 Å². The number of carbonyl (C=O) groups is 1. The van der Waals surface area contributed by atoms with Crippen LogP contribution in [0.2, 0.25) is 0 Å². The van der Waals surface area contributed by atoms with E-state index in [9.17, 15) is 4.79 Å². The number of benzene rings is 2. The molecule has 0 N–H and O–H groups in total. The monoisotopic (exact) mass is 481 g/mol. The van der Waals surface area contributed by atoms with Gasteiger partial charge in [-0.05, 0) is 44.2 Å². The fraction of sp³-hybridized carbons (Fsp3) is 0.385. The van der Waals surface area contributed by atoms with Gasteiger partial charge in [-0.1, -0.05) is 12.1 Å². The lowest BCUT2D eigenvalue weighted by Crippen LogP contribution is -2.48. The van der Waals surface area contributed by atoms with Crippen molar-refractivity contribution in [1.29, 1.82) is 0 Å². The minimum atomic E-state index is 0.0261. The summed E-state index contributed by atoms with van der Waals surface area (Å²) in [7, 11) is 1.67. The third kappa shape index (κ3) is 5.69. The smallest absolute Gasteiger partial charge is 0.254 e. The highest BCUT2D eigenvalue weighted by Crippen LogP contribution is 2.29. The minimum absolute atomic E-state index is 0.0261. The van der Waals surface area contributed by atoms with Gasteiger partial charge in [-0.2, -0.15) is 0 Å². The molecule has 1 saturated heterocycles. The molecule has 2 heterocycles. The molecular formula is C26H31N3O4S. The molecule has 0 aliphatic carbocycles. The summed E-state index contributed by atoms with van der Waals surface area (Å²) in [5.41, 5.74) is 2.65. The summed E-state index contributed by atoms with van der Waals surface area (Å²) in [6.45, 7) is 8.71. The van der Waals surface area contributed by atoms with Gasteiger partial charge in [-0.3, -0.25) is 9.69 Å². The third-order valence-corrected chi connectivity index (χ3v) is 6.56. The lowest BCUT2D eigenvalue weighted by Gasteiger charge is -2.34. The lowest BCUT2D eigenvalue weighted by molar-refractivity contribution is 0.0628. The Balaban J connectivity index is 1.34. The molecule has 34 heavy (non-hydrogen) atoms. The topological polar surface area (TPSA) is 64.1 Å². The molecule has 4 rings (SSSR count). The normalized spacial score (nSPS) is 14.1. The highest BCUT2D eigenvalue weighted by atomic mass is 32.1. The van der Waals surface area contributed by atoms with Gasteiger partial charge in [-0.15, -0.1) is 11.3 Å². The van der Waals surface area contributed by atoms with Crippen LogP contribution in [0.5, 0.6) is 17.2 Å². The van der Waals surface area contributed by atoms with E-state index in [1.165, 1.54) is 0 Å². The third-order valence-electron chi connectivity index (χ3n) is 5.73. The molecule has 1 aromatic heterocycles. The van der Waals surface area contributed by atoms with Crippen LogP contribution in [-0.4, -0.2) is 67.2 Å². The zero-order valence-electron chi connectivity index (χ0n) is 20.0. The van der Waals surface area contributed by atoms with Crippen molar-refractivity contribution in [1.82, 2.24) is 14.8 Å². The largest absolute Gasteiger partial charge is 0.497 e. The Morgan fingerprint density at radius 3 is 2.50 bits per heavy atom. The van der Waals surface area contributed by atoms with Crippen LogP contribution in [-0.2, 0) is 6.54 Å². The Morgan fingerprint density at radius 1 is 1.00 bits per heavy atom. The summed E-state index contributed by atoms with van der Waals surface area (Å²) in [5.74, 6) is 2.14. The van der Waals surface area contributed by atoms with Gasteiger partial charge in [0.1, 0.15) is 10.8 Å². The number of hydrogen-bond donors (Lipinski definition) is 0. The van der Waals surface area contributed by atoms with Crippen molar-refractivity contribution in [3.05, 3.63) is 58.4 Å². The van der Waals surface area contributed by atoms with Crippen LogP contribution in [0.3, 0.4) is 0 Å². The van der Waals surface area contributed by atoms with Gasteiger partial charge < -0.3 is 19.1 Å². The quantitative estimate of drug-likeness (QED) is 0.446. The number of amides is 1. The molecule has 0 unspecified atom stereocenters. The second kappa shape index (κ2) is 11.4. The van der Waals surface area contributed by atoms with Crippen molar-refractivity contribution in [2.24, 2.45) is 0 Å². The van der Waals surface area contributed by atoms with E-state index in [1.54, 1.807) is 24.5 Å². The fourth-order valence-corrected chi connectivity index (χ4v) is 4.81. The van der Waals surface area contributed by atoms with Crippen LogP contribution in [0, 0.1) is 0 Å². The lowest BCUT2D eigenvalue weighted by atomic mass is 10.1. The Bertz CT molecular complexity index is 1110. The summed E-state index contributed by atoms with van der Waals surface area (Å²) in [4.78, 5) is 22.2. The van der Waals surface area contributed by atoms with Gasteiger partial charge in [-0.25, -0.2) is 4.98 Å². The Morgan fingerprint density at radius 2 is 1.76 bits per heavy atom. The van der Waals surface area contributed by atoms with Gasteiger partial charge in [0.2, 0.25) is 0 Å². The van der Waals surface area contributed by atoms with Gasteiger partial charge in [0.25, 0.3) is 5.91 Å². The maximum absolute atomic E-state index is 13.1. The number of thiazole rings is 1. The average Bonchev–Trinajstić information content (AvgIpc) is 3.34. The molecule has 0 saturated carbocycles. The number of hydrogen-bond acceptors (Lipinski definition) is 7. The first kappa shape index (κ1) is 24.0. The summed E-state index contributed by atoms with van der Waals surface area (Å²) in [6, 6.07) is 13.4. The first-order valence-electron chi connectivity index (χ1n) is 11.6. The number of aromatic nitrogens is 1. The molecule has 180 valence electrons. The first-order valence-corrected chi connectivity index (χ1v) is 12.5. The van der Waals surface area contributed by atoms with Gasteiger partial charge in [0, 0.05) is 42.7 Å². The zero-order chi connectivity index (χ0) is 23.9. The fourth-order valence-electron chi connectivity index (χ4n) is 3.97. The van der Waals surface area contributed by atoms with E-state index in [1.807, 2.05) is 55.1 Å². The molecule has 0 bridgehead atoms. The number of nitrogens with zero attached hydrogens (tertiary/aromatic N) is 3. The van der Waals surface area contributed by atoms with E-state index in [2.05, 4.69) is 10.3 Å². The highest BCUT2D eigenvalue weighted by molar-refractivity contribution is 7.09. The molecule has 7 nitrogen and oxygen atoms in total. The Hall–Kier alpha value is -3.10. The van der Waals surface area contributed by atoms with Crippen LogP contribution in [0.25, 0.3) is 11.3 Å². The molecule has 1 fully saturated rings. The predicted molar refractivity (Wildman–Crippen MR) is 134 cm³/mol. The van der Waals surface area contributed by atoms with E-state index in [0.717, 1.165) is 41.6 Å². The summed E-state index contributed by atoms with van der Waals surface area (Å²) in [5, 5.41) is 3.16. The maximum Gasteiger partial charge on any atom is 0.254 e. The molecule has 0 radical (unpaired) electrons. The molecule has 2 aromatic carbocycles. The molecule has 1 amide bonds. The average molecular weight is 482 g/mol. The second-order valence-corrected chi connectivity index (χ2v) is 8.90. The molecule has 0 spiro atoms. The highest BCUT2D eigenvalue weighted by Gasteiger charge is 2.24. The predicted octanol–water partition coefficient (Wildman–Crippen LogP) is 4.57. The molecule has 1 aliphatic heterocycles. The number of rotatable bonds is 9. The second-order valence-electron chi connectivity index (χ2n) is 7.95. The van der Waals surface area contributed by atoms with E-state index in [-0.39, 0.29) is 5.91 Å². The van der Waals surface area contributed by atoms with Crippen molar-refractivity contribution < 1.29 is 19.0 Å². The van der Waals surface area contributed by atoms with Crippen molar-refractivity contribution in [3.63, 3.8) is 0 Å². The van der Waals surface area contributed by atoms with Crippen molar-refractivity contribution in [3.8, 4) is 28.5 Å². The van der Waals surface area contributed by atoms with E-state index in [0.29, 0.717) is 43.4 Å². The number of methoxy groups -OCH3 is 1. The molecule has 0 atom stereocenters. The zero-order valence-corrected chi connectivity index (χ0v) is 20.8. The molecule has 8 heteroatoms. The number of carbonyl (C=O) groups excluding carboxylic acids is 1. The van der Waals surface area contributed by atoms with Crippen LogP contribution >= 0.6 is 11.3 Å². The standard InChI is InChI=1S/C26H31N3O4S/c1-4-32-23-10-9-20(16-24(23)33-5-2)26(30)29-13-11-28(12-14-29)17-25-27-22(18-34-25)19-7-6-8-21(15-19)31-3/h6-10,15-16,18H,4-5,11-14,17H2,1-3H3. The molecular weight excluding hydrogens is 450 g/mol. The number of piperazine rings is 1. The molecule has 3 aromatic rings. The Labute approximate surface area is 204 Å². The summed E-state index contributed by atoms with van der Waals surface area (Å²) in [6.07, 6.45) is 0. The minimum Gasteiger partial charge on any atom is -0.497 e. The van der Waals surface area contributed by atoms with Crippen LogP contribution in [0.15, 0.2) is 47.8 Å². The number of ether oxygens (including phenoxy) is 3. The van der Waals surface area contributed by atoms with E-state index < -0.39 is 0 Å². The van der Waals surface area contributed by atoms with Crippen molar-refractivity contribution in [2.45, 2.75) is 20.4 Å². The van der Waals surface area contributed by atoms with Crippen LogP contribution in [0.1, 0.15) is 29.2 Å². The maximum atomic E-state index is 13.1.